The Balaban J connectivity index is 1.10. The van der Waals surface area contributed by atoms with E-state index >= 15 is 0 Å². The maximum absolute atomic E-state index is 12.8. The van der Waals surface area contributed by atoms with Crippen LogP contribution < -0.4 is 25.2 Å². The number of amides is 1. The molecule has 3 aliphatic heterocycles. The van der Waals surface area contributed by atoms with Gasteiger partial charge < -0.3 is 19.5 Å². The minimum atomic E-state index is -0.395. The molecule has 0 saturated carbocycles. The lowest BCUT2D eigenvalue weighted by atomic mass is 10.0. The fourth-order valence-corrected chi connectivity index (χ4v) is 5.19. The third-order valence-corrected chi connectivity index (χ3v) is 7.04. The Kier molecular flexibility index (Phi) is 5.91. The molecule has 3 aliphatic rings. The number of nitrogens with zero attached hydrogens (tertiary/aromatic N) is 5. The molecular formula is C26H28N6O5. The van der Waals surface area contributed by atoms with Gasteiger partial charge in [0, 0.05) is 61.9 Å². The molecule has 3 aromatic heterocycles. The van der Waals surface area contributed by atoms with E-state index in [0.29, 0.717) is 60.9 Å². The summed E-state index contributed by atoms with van der Waals surface area (Å²) < 4.78 is 18.3. The van der Waals surface area contributed by atoms with Crippen molar-refractivity contribution in [2.24, 2.45) is 5.92 Å². The van der Waals surface area contributed by atoms with E-state index in [4.69, 9.17) is 14.2 Å². The van der Waals surface area contributed by atoms with Gasteiger partial charge in [0.15, 0.2) is 11.6 Å². The summed E-state index contributed by atoms with van der Waals surface area (Å²) in [7, 11) is 1.56. The van der Waals surface area contributed by atoms with E-state index in [1.165, 1.54) is 0 Å². The highest BCUT2D eigenvalue weighted by atomic mass is 16.6. The third-order valence-electron chi connectivity index (χ3n) is 7.04. The lowest BCUT2D eigenvalue weighted by Gasteiger charge is -2.33. The number of methoxy groups -OCH3 is 1. The van der Waals surface area contributed by atoms with Crippen molar-refractivity contribution in [2.75, 3.05) is 50.1 Å². The van der Waals surface area contributed by atoms with Crippen LogP contribution >= 0.6 is 0 Å². The molecule has 11 heteroatoms. The molecule has 3 aromatic rings. The van der Waals surface area contributed by atoms with Crippen molar-refractivity contribution in [3.8, 4) is 11.6 Å². The van der Waals surface area contributed by atoms with E-state index in [0.717, 1.165) is 24.9 Å². The van der Waals surface area contributed by atoms with E-state index in [2.05, 4.69) is 26.8 Å². The minimum Gasteiger partial charge on any atom is -0.484 e. The van der Waals surface area contributed by atoms with Crippen LogP contribution in [-0.2, 0) is 11.3 Å². The van der Waals surface area contributed by atoms with Crippen LogP contribution in [0.15, 0.2) is 53.5 Å². The number of hydrogen-bond donors (Lipinski definition) is 1. The normalized spacial score (nSPS) is 21.2. The first-order chi connectivity index (χ1) is 18.0. The number of aromatic nitrogens is 3. The smallest absolute Gasteiger partial charge is 0.415 e. The van der Waals surface area contributed by atoms with Crippen molar-refractivity contribution in [3.05, 3.63) is 59.0 Å². The summed E-state index contributed by atoms with van der Waals surface area (Å²) in [5.74, 6) is 2.34. The minimum absolute atomic E-state index is 0.0890. The summed E-state index contributed by atoms with van der Waals surface area (Å²) in [6.07, 6.45) is 0.207. The van der Waals surface area contributed by atoms with Crippen LogP contribution in [0.2, 0.25) is 0 Å². The van der Waals surface area contributed by atoms with Crippen LogP contribution in [0.3, 0.4) is 0 Å². The fraction of sp³-hybridized carbons (Fsp3) is 0.385. The van der Waals surface area contributed by atoms with Gasteiger partial charge in [-0.25, -0.2) is 9.78 Å². The molecule has 1 amide bonds. The van der Waals surface area contributed by atoms with Gasteiger partial charge in [0.05, 0.1) is 7.11 Å². The van der Waals surface area contributed by atoms with Crippen LogP contribution in [0.5, 0.6) is 11.6 Å². The first-order valence-corrected chi connectivity index (χ1v) is 12.3. The molecule has 37 heavy (non-hydrogen) atoms. The van der Waals surface area contributed by atoms with Gasteiger partial charge in [0.1, 0.15) is 24.2 Å². The molecule has 0 aromatic carbocycles. The van der Waals surface area contributed by atoms with Crippen molar-refractivity contribution in [2.45, 2.75) is 19.1 Å². The Bertz CT molecular complexity index is 1440. The van der Waals surface area contributed by atoms with Crippen molar-refractivity contribution < 1.29 is 19.0 Å². The SMILES string of the molecule is C=C1COc2ccc(N3CC4CN(CCCn5c(=O)ccc6ccc(OC)nc65)C[C@@H]4OC3=O)nc2N1. The molecular weight excluding hydrogens is 476 g/mol. The molecule has 192 valence electrons. The molecule has 2 atom stereocenters. The molecule has 6 rings (SSSR count). The van der Waals surface area contributed by atoms with Crippen molar-refractivity contribution in [3.63, 3.8) is 0 Å². The predicted octanol–water partition coefficient (Wildman–Crippen LogP) is 2.47. The summed E-state index contributed by atoms with van der Waals surface area (Å²) in [5, 5.41) is 4.00. The molecule has 6 heterocycles. The third kappa shape index (κ3) is 4.46. The highest BCUT2D eigenvalue weighted by Gasteiger charge is 2.42. The van der Waals surface area contributed by atoms with Crippen LogP contribution in [0.1, 0.15) is 6.42 Å². The molecule has 1 unspecified atom stereocenters. The lowest BCUT2D eigenvalue weighted by molar-refractivity contribution is 0.0698. The summed E-state index contributed by atoms with van der Waals surface area (Å²) in [6, 6.07) is 10.6. The van der Waals surface area contributed by atoms with E-state index in [1.807, 2.05) is 6.07 Å². The second kappa shape index (κ2) is 9.40. The fourth-order valence-electron chi connectivity index (χ4n) is 5.19. The van der Waals surface area contributed by atoms with Crippen molar-refractivity contribution in [1.82, 2.24) is 19.4 Å². The average molecular weight is 505 g/mol. The van der Waals surface area contributed by atoms with Gasteiger partial charge in [-0.05, 0) is 30.7 Å². The number of pyridine rings is 3. The number of hydrogen-bond acceptors (Lipinski definition) is 9. The highest BCUT2D eigenvalue weighted by molar-refractivity contribution is 5.88. The zero-order chi connectivity index (χ0) is 25.5. The van der Waals surface area contributed by atoms with E-state index < -0.39 is 6.09 Å². The number of anilines is 2. The van der Waals surface area contributed by atoms with E-state index in [9.17, 15) is 9.59 Å². The molecule has 11 nitrogen and oxygen atoms in total. The summed E-state index contributed by atoms with van der Waals surface area (Å²) in [6.45, 7) is 7.58. The van der Waals surface area contributed by atoms with Gasteiger partial charge in [-0.1, -0.05) is 6.58 Å². The number of rotatable bonds is 6. The molecule has 2 saturated heterocycles. The molecule has 0 aliphatic carbocycles. The van der Waals surface area contributed by atoms with Crippen LogP contribution in [-0.4, -0.2) is 71.5 Å². The number of carbonyl (C=O) groups is 1. The number of fused-ring (bicyclic) bond motifs is 3. The van der Waals surface area contributed by atoms with Crippen molar-refractivity contribution in [1.29, 1.82) is 0 Å². The summed E-state index contributed by atoms with van der Waals surface area (Å²) in [5.41, 5.74) is 1.24. The topological polar surface area (TPSA) is 111 Å². The number of carbonyl (C=O) groups excluding carboxylic acids is 1. The van der Waals surface area contributed by atoms with Crippen LogP contribution in [0.4, 0.5) is 16.4 Å². The number of aryl methyl sites for hydroxylation is 1. The first kappa shape index (κ1) is 23.3. The molecule has 0 bridgehead atoms. The predicted molar refractivity (Wildman–Crippen MR) is 137 cm³/mol. The highest BCUT2D eigenvalue weighted by Crippen LogP contribution is 2.33. The maximum atomic E-state index is 12.8. The van der Waals surface area contributed by atoms with Gasteiger partial charge in [-0.15, -0.1) is 0 Å². The summed E-state index contributed by atoms with van der Waals surface area (Å²) in [4.78, 5) is 38.3. The van der Waals surface area contributed by atoms with Gasteiger partial charge in [0.25, 0.3) is 5.56 Å². The second-order valence-electron chi connectivity index (χ2n) is 9.53. The Morgan fingerprint density at radius 1 is 1.08 bits per heavy atom. The van der Waals surface area contributed by atoms with Gasteiger partial charge in [-0.3, -0.25) is 19.2 Å². The van der Waals surface area contributed by atoms with Gasteiger partial charge in [-0.2, -0.15) is 4.98 Å². The average Bonchev–Trinajstić information content (AvgIpc) is 3.30. The summed E-state index contributed by atoms with van der Waals surface area (Å²) >= 11 is 0. The maximum Gasteiger partial charge on any atom is 0.415 e. The molecule has 2 fully saturated rings. The molecule has 0 radical (unpaired) electrons. The Morgan fingerprint density at radius 3 is 2.81 bits per heavy atom. The van der Waals surface area contributed by atoms with Gasteiger partial charge >= 0.3 is 6.09 Å². The Morgan fingerprint density at radius 2 is 1.95 bits per heavy atom. The molecule has 1 N–H and O–H groups in total. The second-order valence-corrected chi connectivity index (χ2v) is 9.53. The van der Waals surface area contributed by atoms with Crippen LogP contribution in [0.25, 0.3) is 11.0 Å². The largest absolute Gasteiger partial charge is 0.484 e. The standard InChI is InChI=1S/C26H28N6O5/c1-16-15-36-19-6-7-21(28-24(19)27-16)32-13-18-12-30(14-20(18)37-26(32)34)10-3-11-31-23(33)9-5-17-4-8-22(35-2)29-25(17)31/h4-9,18,20H,1,3,10-15H2,2H3,(H,27,28)/t18?,20-/m0/s1. The van der Waals surface area contributed by atoms with E-state index in [1.54, 1.807) is 46.9 Å². The van der Waals surface area contributed by atoms with Gasteiger partial charge in [0.2, 0.25) is 5.88 Å². The monoisotopic (exact) mass is 504 g/mol. The lowest BCUT2D eigenvalue weighted by Crippen LogP contribution is -2.48. The van der Waals surface area contributed by atoms with Crippen molar-refractivity contribution >= 4 is 28.8 Å². The van der Waals surface area contributed by atoms with Crippen LogP contribution in [0, 0.1) is 5.92 Å². The number of likely N-dealkylation sites (tertiary alicyclic amines) is 1. The molecule has 0 spiro atoms. The number of nitrogens with one attached hydrogen (secondary N) is 1. The zero-order valence-corrected chi connectivity index (χ0v) is 20.6. The number of ether oxygens (including phenoxy) is 3. The Hall–Kier alpha value is -4.12. The quantitative estimate of drug-likeness (QED) is 0.541. The Labute approximate surface area is 213 Å². The zero-order valence-electron chi connectivity index (χ0n) is 20.6. The first-order valence-electron chi connectivity index (χ1n) is 12.3. The van der Waals surface area contributed by atoms with E-state index in [-0.39, 0.29) is 17.6 Å².